The molecule has 128 valence electrons. The lowest BCUT2D eigenvalue weighted by atomic mass is 10.1. The molecule has 0 N–H and O–H groups in total. The fourth-order valence-corrected chi connectivity index (χ4v) is 3.49. The van der Waals surface area contributed by atoms with E-state index in [1.54, 1.807) is 13.0 Å². The van der Waals surface area contributed by atoms with Crippen molar-refractivity contribution in [3.8, 4) is 5.69 Å². The van der Waals surface area contributed by atoms with Gasteiger partial charge in [0.25, 0.3) is 0 Å². The molecule has 0 saturated heterocycles. The fourth-order valence-electron chi connectivity index (χ4n) is 3.34. The van der Waals surface area contributed by atoms with Gasteiger partial charge in [-0.15, -0.1) is 0 Å². The number of nitrogens with zero attached hydrogens (tertiary/aromatic N) is 1. The van der Waals surface area contributed by atoms with Crippen molar-refractivity contribution < 1.29 is 13.9 Å². The maximum atomic E-state index is 14.1. The van der Waals surface area contributed by atoms with Gasteiger partial charge in [-0.3, -0.25) is 0 Å². The normalized spacial score (nSPS) is 14.0. The zero-order chi connectivity index (χ0) is 17.6. The number of ether oxygens (including phenoxy) is 1. The molecule has 0 spiro atoms. The van der Waals surface area contributed by atoms with E-state index in [-0.39, 0.29) is 23.5 Å². The Kier molecular flexibility index (Phi) is 4.00. The van der Waals surface area contributed by atoms with Crippen LogP contribution >= 0.6 is 11.6 Å². The molecule has 5 heteroatoms. The van der Waals surface area contributed by atoms with Crippen molar-refractivity contribution in [3.05, 3.63) is 64.6 Å². The minimum atomic E-state index is -0.475. The lowest BCUT2D eigenvalue weighted by Gasteiger charge is -2.11. The van der Waals surface area contributed by atoms with Crippen LogP contribution in [0.2, 0.25) is 5.02 Å². The Balaban J connectivity index is 2.11. The first-order valence-corrected chi connectivity index (χ1v) is 8.75. The highest BCUT2D eigenvalue weighted by atomic mass is 35.5. The van der Waals surface area contributed by atoms with Crippen LogP contribution < -0.4 is 0 Å². The number of halogens is 2. The maximum Gasteiger partial charge on any atom is 0.355 e. The van der Waals surface area contributed by atoms with E-state index in [1.807, 2.05) is 34.9 Å². The van der Waals surface area contributed by atoms with Crippen LogP contribution in [-0.2, 0) is 4.74 Å². The molecule has 1 heterocycles. The lowest BCUT2D eigenvalue weighted by Crippen LogP contribution is -2.13. The summed E-state index contributed by atoms with van der Waals surface area (Å²) in [5.74, 6) is -0.606. The number of para-hydroxylation sites is 1. The summed E-state index contributed by atoms with van der Waals surface area (Å²) in [5.41, 5.74) is 2.90. The molecule has 1 saturated carbocycles. The van der Waals surface area contributed by atoms with Crippen LogP contribution in [-0.4, -0.2) is 17.1 Å². The van der Waals surface area contributed by atoms with E-state index in [9.17, 15) is 9.18 Å². The molecular weight excluding hydrogens is 341 g/mol. The molecule has 0 bridgehead atoms. The number of esters is 1. The highest BCUT2D eigenvalue weighted by Gasteiger charge is 2.35. The average molecular weight is 358 g/mol. The summed E-state index contributed by atoms with van der Waals surface area (Å²) in [6.07, 6.45) is 1.98. The first kappa shape index (κ1) is 16.2. The molecule has 2 aromatic carbocycles. The number of carbonyl (C=O) groups is 1. The van der Waals surface area contributed by atoms with Gasteiger partial charge in [0.1, 0.15) is 11.5 Å². The van der Waals surface area contributed by atoms with Gasteiger partial charge in [0.2, 0.25) is 0 Å². The molecule has 3 aromatic rings. The quantitative estimate of drug-likeness (QED) is 0.579. The van der Waals surface area contributed by atoms with Crippen molar-refractivity contribution in [1.82, 2.24) is 4.57 Å². The third-order valence-electron chi connectivity index (χ3n) is 4.52. The van der Waals surface area contributed by atoms with Gasteiger partial charge in [0, 0.05) is 11.1 Å². The first-order chi connectivity index (χ1) is 12.1. The minimum absolute atomic E-state index is 0.0416. The highest BCUT2D eigenvalue weighted by molar-refractivity contribution is 6.31. The van der Waals surface area contributed by atoms with E-state index in [4.69, 9.17) is 16.3 Å². The number of rotatable bonds is 4. The SMILES string of the molecule is CCOC(=O)c1c(C2CC2)c2cc(F)c(Cl)cc2n1-c1ccccc1. The molecule has 3 nitrogen and oxygen atoms in total. The maximum absolute atomic E-state index is 14.1. The predicted molar refractivity (Wildman–Crippen MR) is 96.2 cm³/mol. The zero-order valence-corrected chi connectivity index (χ0v) is 14.5. The monoisotopic (exact) mass is 357 g/mol. The van der Waals surface area contributed by atoms with Crippen LogP contribution in [0, 0.1) is 5.82 Å². The van der Waals surface area contributed by atoms with Gasteiger partial charge in [0.05, 0.1) is 17.1 Å². The van der Waals surface area contributed by atoms with E-state index in [0.717, 1.165) is 35.0 Å². The summed E-state index contributed by atoms with van der Waals surface area (Å²) in [6.45, 7) is 2.06. The standard InChI is InChI=1S/C20H17ClFNO2/c1-2-25-20(24)19-18(12-8-9-12)14-10-16(22)15(21)11-17(14)23(19)13-6-4-3-5-7-13/h3-7,10-12H,2,8-9H2,1H3. The van der Waals surface area contributed by atoms with Crippen molar-refractivity contribution >= 4 is 28.5 Å². The largest absolute Gasteiger partial charge is 0.461 e. The van der Waals surface area contributed by atoms with Crippen molar-refractivity contribution in [2.24, 2.45) is 0 Å². The number of aromatic nitrogens is 1. The topological polar surface area (TPSA) is 31.2 Å². The third kappa shape index (κ3) is 2.71. The molecule has 0 atom stereocenters. The Bertz CT molecular complexity index is 961. The number of hydrogen-bond donors (Lipinski definition) is 0. The Morgan fingerprint density at radius 1 is 1.28 bits per heavy atom. The van der Waals surface area contributed by atoms with Gasteiger partial charge in [-0.1, -0.05) is 29.8 Å². The highest BCUT2D eigenvalue weighted by Crippen LogP contribution is 2.47. The second kappa shape index (κ2) is 6.19. The second-order valence-corrected chi connectivity index (χ2v) is 6.62. The van der Waals surface area contributed by atoms with Crippen LogP contribution in [0.15, 0.2) is 42.5 Å². The van der Waals surface area contributed by atoms with Crippen molar-refractivity contribution in [2.75, 3.05) is 6.61 Å². The number of fused-ring (bicyclic) bond motifs is 1. The Morgan fingerprint density at radius 3 is 2.64 bits per heavy atom. The first-order valence-electron chi connectivity index (χ1n) is 8.37. The van der Waals surface area contributed by atoms with Gasteiger partial charge >= 0.3 is 5.97 Å². The van der Waals surface area contributed by atoms with E-state index < -0.39 is 5.82 Å². The van der Waals surface area contributed by atoms with Crippen molar-refractivity contribution in [3.63, 3.8) is 0 Å². The Morgan fingerprint density at radius 2 is 2.00 bits per heavy atom. The molecule has 0 aliphatic heterocycles. The summed E-state index contributed by atoms with van der Waals surface area (Å²) in [7, 11) is 0. The molecule has 1 aliphatic carbocycles. The predicted octanol–water partition coefficient (Wildman–Crippen LogP) is 5.48. The van der Waals surface area contributed by atoms with Crippen molar-refractivity contribution in [1.29, 1.82) is 0 Å². The summed E-state index contributed by atoms with van der Waals surface area (Å²) >= 11 is 6.04. The van der Waals surface area contributed by atoms with Gasteiger partial charge < -0.3 is 9.30 Å². The van der Waals surface area contributed by atoms with Gasteiger partial charge in [-0.25, -0.2) is 9.18 Å². The lowest BCUT2D eigenvalue weighted by molar-refractivity contribution is 0.0516. The minimum Gasteiger partial charge on any atom is -0.461 e. The zero-order valence-electron chi connectivity index (χ0n) is 13.8. The van der Waals surface area contributed by atoms with Crippen LogP contribution in [0.4, 0.5) is 4.39 Å². The summed E-state index contributed by atoms with van der Waals surface area (Å²) in [5, 5.41) is 0.774. The fraction of sp³-hybridized carbons (Fsp3) is 0.250. The third-order valence-corrected chi connectivity index (χ3v) is 4.81. The summed E-state index contributed by atoms with van der Waals surface area (Å²) < 4.78 is 21.3. The second-order valence-electron chi connectivity index (χ2n) is 6.21. The molecule has 1 fully saturated rings. The van der Waals surface area contributed by atoms with Crippen molar-refractivity contribution in [2.45, 2.75) is 25.7 Å². The Hall–Kier alpha value is -2.33. The van der Waals surface area contributed by atoms with Gasteiger partial charge in [-0.2, -0.15) is 0 Å². The Labute approximate surface area is 150 Å². The molecule has 0 unspecified atom stereocenters. The smallest absolute Gasteiger partial charge is 0.355 e. The molecule has 4 rings (SSSR count). The molecular formula is C20H17ClFNO2. The average Bonchev–Trinajstić information content (AvgIpc) is 3.39. The van der Waals surface area contributed by atoms with E-state index in [2.05, 4.69) is 0 Å². The summed E-state index contributed by atoms with van der Waals surface area (Å²) in [4.78, 5) is 12.8. The van der Waals surface area contributed by atoms with Crippen LogP contribution in [0.5, 0.6) is 0 Å². The molecule has 0 amide bonds. The van der Waals surface area contributed by atoms with E-state index >= 15 is 0 Å². The number of carbonyl (C=O) groups excluding carboxylic acids is 1. The molecule has 0 radical (unpaired) electrons. The van der Waals surface area contributed by atoms with Gasteiger partial charge in [-0.05, 0) is 55.5 Å². The van der Waals surface area contributed by atoms with Crippen LogP contribution in [0.25, 0.3) is 16.6 Å². The van der Waals surface area contributed by atoms with Crippen LogP contribution in [0.1, 0.15) is 41.7 Å². The number of hydrogen-bond acceptors (Lipinski definition) is 2. The molecule has 1 aliphatic rings. The van der Waals surface area contributed by atoms with Gasteiger partial charge in [0.15, 0.2) is 0 Å². The van der Waals surface area contributed by atoms with E-state index in [1.165, 1.54) is 6.07 Å². The van der Waals surface area contributed by atoms with Crippen LogP contribution in [0.3, 0.4) is 0 Å². The number of benzene rings is 2. The van der Waals surface area contributed by atoms with E-state index in [0.29, 0.717) is 5.69 Å². The molecule has 1 aromatic heterocycles. The summed E-state index contributed by atoms with van der Waals surface area (Å²) in [6, 6.07) is 12.6. The molecule has 25 heavy (non-hydrogen) atoms.